The molecule has 138 valence electrons. The van der Waals surface area contributed by atoms with E-state index < -0.39 is 7.75 Å². The second-order valence-electron chi connectivity index (χ2n) is 6.26. The number of hydrogen-bond donors (Lipinski definition) is 1. The summed E-state index contributed by atoms with van der Waals surface area (Å²) in [7, 11) is -3.43. The van der Waals surface area contributed by atoms with Gasteiger partial charge >= 0.3 is 7.75 Å². The van der Waals surface area contributed by atoms with E-state index in [9.17, 15) is 4.57 Å². The Hall–Kier alpha value is -2.39. The Morgan fingerprint density at radius 3 is 1.67 bits per heavy atom. The van der Waals surface area contributed by atoms with Crippen molar-refractivity contribution in [3.63, 3.8) is 0 Å². The molecule has 0 aliphatic heterocycles. The van der Waals surface area contributed by atoms with E-state index in [-0.39, 0.29) is 0 Å². The van der Waals surface area contributed by atoms with Crippen LogP contribution >= 0.6 is 7.75 Å². The fourth-order valence-electron chi connectivity index (χ4n) is 3.64. The van der Waals surface area contributed by atoms with Crippen LogP contribution in [-0.4, -0.2) is 13.2 Å². The smallest absolute Gasteiger partial charge is 0.293 e. The number of benzene rings is 4. The summed E-state index contributed by atoms with van der Waals surface area (Å²) in [5, 5.41) is 9.83. The molecule has 0 amide bonds. The molecular formula is C22H22NO3P. The second-order valence-corrected chi connectivity index (χ2v) is 8.00. The zero-order valence-corrected chi connectivity index (χ0v) is 16.3. The van der Waals surface area contributed by atoms with E-state index in [1.807, 2.05) is 30.3 Å². The zero-order valence-electron chi connectivity index (χ0n) is 15.4. The van der Waals surface area contributed by atoms with Gasteiger partial charge in [-0.25, -0.2) is 4.57 Å². The molecule has 0 radical (unpaired) electrons. The lowest BCUT2D eigenvalue weighted by Crippen LogP contribution is -2.05. The molecule has 0 aromatic heterocycles. The van der Waals surface area contributed by atoms with Gasteiger partial charge in [0, 0.05) is 5.39 Å². The maximum Gasteiger partial charge on any atom is 0.432 e. The number of fused-ring (bicyclic) bond motifs is 6. The third kappa shape index (κ3) is 3.21. The summed E-state index contributed by atoms with van der Waals surface area (Å²) < 4.78 is 24.0. The van der Waals surface area contributed by atoms with Crippen LogP contribution < -0.4 is 5.09 Å². The second kappa shape index (κ2) is 7.32. The minimum absolute atomic E-state index is 0.304. The van der Waals surface area contributed by atoms with E-state index in [2.05, 4.69) is 41.5 Å². The fourth-order valence-corrected chi connectivity index (χ4v) is 5.00. The molecule has 5 heteroatoms. The Kier molecular flexibility index (Phi) is 4.88. The monoisotopic (exact) mass is 379 g/mol. The van der Waals surface area contributed by atoms with Gasteiger partial charge in [-0.3, -0.25) is 14.1 Å². The number of anilines is 1. The van der Waals surface area contributed by atoms with Crippen LogP contribution in [0.4, 0.5) is 5.69 Å². The van der Waals surface area contributed by atoms with Gasteiger partial charge in [0.1, 0.15) is 0 Å². The molecule has 0 aliphatic carbocycles. The minimum Gasteiger partial charge on any atom is -0.293 e. The van der Waals surface area contributed by atoms with Gasteiger partial charge in [-0.1, -0.05) is 60.7 Å². The van der Waals surface area contributed by atoms with E-state index in [1.165, 1.54) is 5.39 Å². The van der Waals surface area contributed by atoms with E-state index in [0.29, 0.717) is 13.2 Å². The van der Waals surface area contributed by atoms with Crippen LogP contribution in [0.1, 0.15) is 13.8 Å². The predicted molar refractivity (Wildman–Crippen MR) is 113 cm³/mol. The van der Waals surface area contributed by atoms with Crippen molar-refractivity contribution in [2.45, 2.75) is 13.8 Å². The van der Waals surface area contributed by atoms with Crippen molar-refractivity contribution < 1.29 is 13.6 Å². The fraction of sp³-hybridized carbons (Fsp3) is 0.182. The Morgan fingerprint density at radius 1 is 0.704 bits per heavy atom. The molecule has 1 N–H and O–H groups in total. The highest BCUT2D eigenvalue weighted by molar-refractivity contribution is 7.55. The van der Waals surface area contributed by atoms with Crippen LogP contribution in [0.5, 0.6) is 0 Å². The van der Waals surface area contributed by atoms with Crippen molar-refractivity contribution in [2.75, 3.05) is 18.3 Å². The molecule has 0 unspecified atom stereocenters. The first kappa shape index (κ1) is 18.0. The average Bonchev–Trinajstić information content (AvgIpc) is 2.68. The molecule has 4 rings (SSSR count). The SMILES string of the molecule is CCOP(=O)(Nc1cccc2c3ccccc3c3ccccc3c12)OCC. The molecule has 4 aromatic rings. The summed E-state index contributed by atoms with van der Waals surface area (Å²) in [6.45, 7) is 4.22. The number of nitrogens with one attached hydrogen (secondary N) is 1. The molecule has 27 heavy (non-hydrogen) atoms. The lowest BCUT2D eigenvalue weighted by atomic mass is 9.94. The number of hydrogen-bond acceptors (Lipinski definition) is 3. The zero-order chi connectivity index (χ0) is 18.9. The van der Waals surface area contributed by atoms with Crippen molar-refractivity contribution in [1.82, 2.24) is 0 Å². The third-order valence-electron chi connectivity index (χ3n) is 4.62. The Bertz CT molecular complexity index is 1120. The van der Waals surface area contributed by atoms with E-state index >= 15 is 0 Å². The molecule has 0 fully saturated rings. The van der Waals surface area contributed by atoms with Crippen molar-refractivity contribution in [3.8, 4) is 0 Å². The van der Waals surface area contributed by atoms with Crippen LogP contribution in [-0.2, 0) is 13.6 Å². The van der Waals surface area contributed by atoms with Crippen molar-refractivity contribution in [1.29, 1.82) is 0 Å². The summed E-state index contributed by atoms with van der Waals surface area (Å²) >= 11 is 0. The van der Waals surface area contributed by atoms with Gasteiger partial charge in [-0.05, 0) is 46.8 Å². The van der Waals surface area contributed by atoms with Crippen molar-refractivity contribution >= 4 is 45.8 Å². The molecule has 0 atom stereocenters. The van der Waals surface area contributed by atoms with Gasteiger partial charge in [-0.2, -0.15) is 0 Å². The first-order chi connectivity index (χ1) is 13.2. The van der Waals surface area contributed by atoms with Gasteiger partial charge in [0.25, 0.3) is 0 Å². The van der Waals surface area contributed by atoms with Crippen molar-refractivity contribution in [2.24, 2.45) is 0 Å². The minimum atomic E-state index is -3.43. The largest absolute Gasteiger partial charge is 0.432 e. The summed E-state index contributed by atoms with van der Waals surface area (Å²) in [5.41, 5.74) is 0.750. The van der Waals surface area contributed by atoms with Crippen LogP contribution in [0.2, 0.25) is 0 Å². The molecule has 4 aromatic carbocycles. The molecule has 0 saturated carbocycles. The number of rotatable bonds is 6. The maximum absolute atomic E-state index is 13.1. The Morgan fingerprint density at radius 2 is 1.15 bits per heavy atom. The topological polar surface area (TPSA) is 47.6 Å². The summed E-state index contributed by atoms with van der Waals surface area (Å²) in [5.74, 6) is 0. The Balaban J connectivity index is 2.05. The first-order valence-corrected chi connectivity index (χ1v) is 10.7. The standard InChI is InChI=1S/C22H22NO3P/c1-3-25-27(24,26-4-2)23-21-15-9-14-20-18-11-6-5-10-16(18)17-12-7-8-13-19(17)22(20)21/h5-15H,3-4H2,1-2H3,(H,23,24). The quantitative estimate of drug-likeness (QED) is 0.298. The molecule has 0 saturated heterocycles. The van der Waals surface area contributed by atoms with Crippen LogP contribution in [0.25, 0.3) is 32.3 Å². The predicted octanol–water partition coefficient (Wildman–Crippen LogP) is 6.74. The molecule has 0 bridgehead atoms. The lowest BCUT2D eigenvalue weighted by Gasteiger charge is -2.21. The Labute approximate surface area is 158 Å². The van der Waals surface area contributed by atoms with Crippen LogP contribution in [0, 0.1) is 0 Å². The normalized spacial score (nSPS) is 12.1. The average molecular weight is 379 g/mol. The summed E-state index contributed by atoms with van der Waals surface area (Å²) in [6.07, 6.45) is 0. The van der Waals surface area contributed by atoms with E-state index in [0.717, 1.165) is 32.6 Å². The van der Waals surface area contributed by atoms with Crippen molar-refractivity contribution in [3.05, 3.63) is 66.7 Å². The van der Waals surface area contributed by atoms with Gasteiger partial charge in [0.05, 0.1) is 18.9 Å². The van der Waals surface area contributed by atoms with Gasteiger partial charge in [0.15, 0.2) is 0 Å². The highest BCUT2D eigenvalue weighted by Crippen LogP contribution is 2.50. The molecule has 0 heterocycles. The summed E-state index contributed by atoms with van der Waals surface area (Å²) in [6, 6.07) is 22.6. The van der Waals surface area contributed by atoms with Gasteiger partial charge in [0.2, 0.25) is 0 Å². The van der Waals surface area contributed by atoms with Crippen LogP contribution in [0.15, 0.2) is 66.7 Å². The van der Waals surface area contributed by atoms with Gasteiger partial charge in [-0.15, -0.1) is 0 Å². The molecule has 4 nitrogen and oxygen atoms in total. The molecule has 0 spiro atoms. The van der Waals surface area contributed by atoms with Crippen LogP contribution in [0.3, 0.4) is 0 Å². The highest BCUT2D eigenvalue weighted by atomic mass is 31.2. The first-order valence-electron chi connectivity index (χ1n) is 9.16. The third-order valence-corrected chi connectivity index (χ3v) is 6.33. The van der Waals surface area contributed by atoms with E-state index in [1.54, 1.807) is 13.8 Å². The lowest BCUT2D eigenvalue weighted by molar-refractivity contribution is 0.225. The highest BCUT2D eigenvalue weighted by Gasteiger charge is 2.25. The van der Waals surface area contributed by atoms with Gasteiger partial charge < -0.3 is 0 Å². The summed E-state index contributed by atoms with van der Waals surface area (Å²) in [4.78, 5) is 0. The molecular weight excluding hydrogens is 357 g/mol. The maximum atomic E-state index is 13.1. The van der Waals surface area contributed by atoms with E-state index in [4.69, 9.17) is 9.05 Å². The molecule has 0 aliphatic rings.